The van der Waals surface area contributed by atoms with E-state index in [1.54, 1.807) is 12.1 Å². The topological polar surface area (TPSA) is 132 Å². The van der Waals surface area contributed by atoms with Gasteiger partial charge in [-0.1, -0.05) is 38.1 Å². The molecule has 1 heterocycles. The molecule has 3 rings (SSSR count). The summed E-state index contributed by atoms with van der Waals surface area (Å²) in [6.45, 7) is 14.0. The fourth-order valence-corrected chi connectivity index (χ4v) is 6.06. The van der Waals surface area contributed by atoms with Crippen LogP contribution in [0.2, 0.25) is 0 Å². The number of aryl methyl sites for hydroxylation is 2. The number of anilines is 1. The van der Waals surface area contributed by atoms with Gasteiger partial charge in [-0.15, -0.1) is 0 Å². The Hall–Kier alpha value is -3.92. The fourth-order valence-electron chi connectivity index (χ4n) is 5.05. The lowest BCUT2D eigenvalue weighted by atomic mass is 9.78. The first-order valence-electron chi connectivity index (χ1n) is 14.6. The van der Waals surface area contributed by atoms with Crippen LogP contribution in [0.3, 0.4) is 0 Å². The van der Waals surface area contributed by atoms with Crippen LogP contribution in [0.25, 0.3) is 0 Å². The molecule has 3 aromatic rings. The predicted molar refractivity (Wildman–Crippen MR) is 170 cm³/mol. The molecule has 0 aliphatic rings. The summed E-state index contributed by atoms with van der Waals surface area (Å²) >= 11 is 0. The number of nitrogens with zero attached hydrogens (tertiary/aromatic N) is 1. The van der Waals surface area contributed by atoms with Gasteiger partial charge in [-0.05, 0) is 113 Å². The van der Waals surface area contributed by atoms with Crippen molar-refractivity contribution in [2.24, 2.45) is 5.41 Å². The molecular weight excluding hydrogens is 580 g/mol. The number of carboxylic acid groups (broad SMARTS) is 1. The summed E-state index contributed by atoms with van der Waals surface area (Å²) in [7, 11) is -3.87. The quantitative estimate of drug-likeness (QED) is 0.182. The molecule has 0 atom stereocenters. The number of benzene rings is 2. The van der Waals surface area contributed by atoms with Crippen LogP contribution in [-0.4, -0.2) is 41.6 Å². The maximum atomic E-state index is 12.7. The number of carbonyl (C=O) groups is 2. The molecule has 1 aromatic heterocycles. The zero-order chi connectivity index (χ0) is 32.8. The number of ether oxygens (including phenoxy) is 2. The Labute approximate surface area is 261 Å². The lowest BCUT2D eigenvalue weighted by Gasteiger charge is -2.35. The predicted octanol–water partition coefficient (Wildman–Crippen LogP) is 7.06. The summed E-state index contributed by atoms with van der Waals surface area (Å²) < 4.78 is 39.6. The van der Waals surface area contributed by atoms with Gasteiger partial charge in [-0.2, -0.15) is 0 Å². The minimum atomic E-state index is -3.87. The summed E-state index contributed by atoms with van der Waals surface area (Å²) in [5, 5.41) is 8.97. The number of rotatable bonds is 14. The van der Waals surface area contributed by atoms with E-state index >= 15 is 0 Å². The Balaban J connectivity index is 1.50. The van der Waals surface area contributed by atoms with Gasteiger partial charge < -0.3 is 14.6 Å². The third-order valence-corrected chi connectivity index (χ3v) is 8.20. The zero-order valence-corrected chi connectivity index (χ0v) is 27.5. The van der Waals surface area contributed by atoms with Crippen LogP contribution in [0.15, 0.2) is 71.8 Å². The van der Waals surface area contributed by atoms with Crippen molar-refractivity contribution in [3.63, 3.8) is 0 Å². The Bertz CT molecular complexity index is 1520. The number of pyridine rings is 1. The number of esters is 1. The van der Waals surface area contributed by atoms with Crippen LogP contribution < -0.4 is 9.46 Å². The van der Waals surface area contributed by atoms with Crippen molar-refractivity contribution in [2.45, 2.75) is 96.7 Å². The SMILES string of the molecule is CC(C)(CCC(=O)OC(C)(C)C)CC(C)(C)Oc1ccc(CCc2ccc(S(=O)(=O)Nc3ccc(C(=O)O)cn3)cc2)cc1. The second-order valence-electron chi connectivity index (χ2n) is 13.4. The molecule has 0 aliphatic heterocycles. The maximum Gasteiger partial charge on any atom is 0.337 e. The average Bonchev–Trinajstić information content (AvgIpc) is 2.90. The number of hydrogen-bond donors (Lipinski definition) is 2. The summed E-state index contributed by atoms with van der Waals surface area (Å²) in [4.78, 5) is 27.1. The lowest BCUT2D eigenvalue weighted by Crippen LogP contribution is -2.35. The standard InChI is InChI=1S/C34H44N2O7S/c1-32(2,3)43-30(37)20-21-33(4,5)23-34(6,7)42-27-15-10-24(11-16-27)8-9-25-12-17-28(18-13-25)44(40,41)36-29-19-14-26(22-35-29)31(38)39/h10-19,22H,8-9,20-21,23H2,1-7H3,(H,35,36)(H,38,39). The van der Waals surface area contributed by atoms with Crippen molar-refractivity contribution in [1.82, 2.24) is 4.98 Å². The van der Waals surface area contributed by atoms with Gasteiger partial charge in [-0.25, -0.2) is 18.2 Å². The number of sulfonamides is 1. The van der Waals surface area contributed by atoms with Gasteiger partial charge in [0.25, 0.3) is 10.0 Å². The zero-order valence-electron chi connectivity index (χ0n) is 26.6. The molecule has 0 radical (unpaired) electrons. The van der Waals surface area contributed by atoms with Gasteiger partial charge in [0.15, 0.2) is 0 Å². The van der Waals surface area contributed by atoms with E-state index in [1.165, 1.54) is 24.3 Å². The number of aromatic carboxylic acids is 1. The molecule has 2 N–H and O–H groups in total. The first-order valence-corrected chi connectivity index (χ1v) is 16.1. The molecule has 44 heavy (non-hydrogen) atoms. The van der Waals surface area contributed by atoms with E-state index in [0.29, 0.717) is 12.8 Å². The highest BCUT2D eigenvalue weighted by Gasteiger charge is 2.31. The van der Waals surface area contributed by atoms with Crippen molar-refractivity contribution in [3.8, 4) is 5.75 Å². The van der Waals surface area contributed by atoms with Crippen LogP contribution in [-0.2, 0) is 32.4 Å². The van der Waals surface area contributed by atoms with E-state index in [4.69, 9.17) is 14.6 Å². The monoisotopic (exact) mass is 624 g/mol. The molecule has 0 fully saturated rings. The van der Waals surface area contributed by atoms with Gasteiger partial charge in [0.05, 0.1) is 10.5 Å². The number of carboxylic acids is 1. The molecule has 0 spiro atoms. The second kappa shape index (κ2) is 13.8. The fraction of sp³-hybridized carbons (Fsp3) is 0.441. The molecule has 2 aromatic carbocycles. The molecular formula is C34H44N2O7S. The number of aromatic nitrogens is 1. The molecule has 0 unspecified atom stereocenters. The van der Waals surface area contributed by atoms with Crippen LogP contribution in [0, 0.1) is 5.41 Å². The molecule has 9 nitrogen and oxygen atoms in total. The largest absolute Gasteiger partial charge is 0.488 e. The van der Waals surface area contributed by atoms with Gasteiger partial charge in [0.1, 0.15) is 22.8 Å². The van der Waals surface area contributed by atoms with Crippen molar-refractivity contribution in [3.05, 3.63) is 83.6 Å². The van der Waals surface area contributed by atoms with Crippen LogP contribution >= 0.6 is 0 Å². The number of nitrogens with one attached hydrogen (secondary N) is 1. The first-order chi connectivity index (χ1) is 20.3. The minimum Gasteiger partial charge on any atom is -0.488 e. The van der Waals surface area contributed by atoms with Crippen LogP contribution in [0.4, 0.5) is 5.82 Å². The van der Waals surface area contributed by atoms with Gasteiger partial charge in [0.2, 0.25) is 0 Å². The summed E-state index contributed by atoms with van der Waals surface area (Å²) in [6, 6.07) is 17.2. The smallest absolute Gasteiger partial charge is 0.337 e. The summed E-state index contributed by atoms with van der Waals surface area (Å²) in [6.07, 6.45) is 4.43. The second-order valence-corrected chi connectivity index (χ2v) is 15.1. The Morgan fingerprint density at radius 1 is 0.841 bits per heavy atom. The molecule has 0 saturated heterocycles. The first kappa shape index (κ1) is 34.6. The highest BCUT2D eigenvalue weighted by atomic mass is 32.2. The number of hydrogen-bond acceptors (Lipinski definition) is 7. The van der Waals surface area contributed by atoms with Crippen molar-refractivity contribution in [2.75, 3.05) is 4.72 Å². The van der Waals surface area contributed by atoms with E-state index in [2.05, 4.69) is 37.4 Å². The summed E-state index contributed by atoms with van der Waals surface area (Å²) in [5.74, 6) is -0.509. The molecule has 0 saturated carbocycles. The van der Waals surface area contributed by atoms with Crippen molar-refractivity contribution >= 4 is 27.8 Å². The third kappa shape index (κ3) is 11.3. The van der Waals surface area contributed by atoms with Gasteiger partial charge in [-0.3, -0.25) is 9.52 Å². The molecule has 0 bridgehead atoms. The molecule has 0 amide bonds. The summed E-state index contributed by atoms with van der Waals surface area (Å²) in [5.41, 5.74) is 1.05. The Kier molecular flexibility index (Phi) is 10.8. The third-order valence-electron chi connectivity index (χ3n) is 6.83. The van der Waals surface area contributed by atoms with E-state index < -0.39 is 27.2 Å². The van der Waals surface area contributed by atoms with Gasteiger partial charge in [0, 0.05) is 12.6 Å². The normalized spacial score (nSPS) is 12.4. The van der Waals surface area contributed by atoms with E-state index in [-0.39, 0.29) is 27.7 Å². The lowest BCUT2D eigenvalue weighted by molar-refractivity contribution is -0.155. The average molecular weight is 625 g/mol. The van der Waals surface area contributed by atoms with Crippen LogP contribution in [0.5, 0.6) is 5.75 Å². The van der Waals surface area contributed by atoms with Crippen molar-refractivity contribution < 1.29 is 32.6 Å². The van der Waals surface area contributed by atoms with E-state index in [9.17, 15) is 18.0 Å². The Morgan fingerprint density at radius 3 is 1.91 bits per heavy atom. The number of carbonyl (C=O) groups excluding carboxylic acids is 1. The highest BCUT2D eigenvalue weighted by Crippen LogP contribution is 2.35. The molecule has 238 valence electrons. The van der Waals surface area contributed by atoms with Crippen molar-refractivity contribution in [1.29, 1.82) is 0 Å². The van der Waals surface area contributed by atoms with Crippen LogP contribution in [0.1, 0.15) is 89.2 Å². The highest BCUT2D eigenvalue weighted by molar-refractivity contribution is 7.92. The minimum absolute atomic E-state index is 0.0314. The Morgan fingerprint density at radius 2 is 1.41 bits per heavy atom. The molecule has 10 heteroatoms. The van der Waals surface area contributed by atoms with Gasteiger partial charge >= 0.3 is 11.9 Å². The van der Waals surface area contributed by atoms with E-state index in [1.807, 2.05) is 45.0 Å². The molecule has 0 aliphatic carbocycles. The van der Waals surface area contributed by atoms with E-state index in [0.717, 1.165) is 42.3 Å². The maximum absolute atomic E-state index is 12.7.